The molecule has 4 fully saturated rings. The molecule has 2 amide bonds. The zero-order chi connectivity index (χ0) is 33.1. The molecule has 0 aromatic rings. The van der Waals surface area contributed by atoms with Gasteiger partial charge in [0.1, 0.15) is 12.1 Å². The zero-order valence-corrected chi connectivity index (χ0v) is 28.4. The van der Waals surface area contributed by atoms with E-state index in [1.54, 1.807) is 0 Å². The molecule has 0 bridgehead atoms. The van der Waals surface area contributed by atoms with E-state index in [9.17, 15) is 24.6 Å². The van der Waals surface area contributed by atoms with Crippen molar-refractivity contribution in [3.63, 3.8) is 0 Å². The second-order valence-corrected chi connectivity index (χ2v) is 16.0. The smallest absolute Gasteiger partial charge is 0.326 e. The van der Waals surface area contributed by atoms with E-state index in [2.05, 4.69) is 36.7 Å². The number of carbonyl (C=O) groups is 3. The highest BCUT2D eigenvalue weighted by molar-refractivity contribution is 5.90. The van der Waals surface area contributed by atoms with Crippen LogP contribution in [-0.4, -0.2) is 58.7 Å². The summed E-state index contributed by atoms with van der Waals surface area (Å²) in [5.41, 5.74) is 5.96. The first-order valence-corrected chi connectivity index (χ1v) is 17.8. The quantitative estimate of drug-likeness (QED) is 0.0895. The molecule has 8 N–H and O–H groups in total. The largest absolute Gasteiger partial charge is 0.480 e. The molecule has 0 aromatic heterocycles. The summed E-state index contributed by atoms with van der Waals surface area (Å²) in [6.45, 7) is 11.4. The molecule has 45 heavy (non-hydrogen) atoms. The van der Waals surface area contributed by atoms with Crippen LogP contribution in [0.1, 0.15) is 118 Å². The molecule has 4 aliphatic rings. The van der Waals surface area contributed by atoms with E-state index in [0.29, 0.717) is 48.0 Å². The average Bonchev–Trinajstić information content (AvgIpc) is 3.33. The number of carboxylic acids is 1. The minimum absolute atomic E-state index is 0.110. The number of nitrogens with one attached hydrogen (secondary N) is 4. The summed E-state index contributed by atoms with van der Waals surface area (Å²) < 4.78 is 0. The van der Waals surface area contributed by atoms with E-state index in [0.717, 1.165) is 37.0 Å². The number of aliphatic hydroxyl groups is 1. The van der Waals surface area contributed by atoms with E-state index < -0.39 is 24.0 Å². The molecule has 10 nitrogen and oxygen atoms in total. The van der Waals surface area contributed by atoms with Crippen molar-refractivity contribution in [3.8, 4) is 0 Å². The second kappa shape index (κ2) is 14.6. The number of aliphatic hydroxyl groups excluding tert-OH is 1. The fraction of sp³-hybridized carbons (Fsp3) is 0.886. The van der Waals surface area contributed by atoms with Crippen molar-refractivity contribution in [2.45, 2.75) is 136 Å². The molecule has 0 aliphatic heterocycles. The highest BCUT2D eigenvalue weighted by Crippen LogP contribution is 2.68. The lowest BCUT2D eigenvalue weighted by atomic mass is 9.44. The SMILES string of the molecule is CC(C)[C@H](NC(=O)CC[C@@H](C)[C@H]1CC[C@H]2[C@@H]3CC[C@@H]4C[C@H](O)CC[C@]4(C)[C@H]3CC[C@]12C)C(=O)N[C@@H](CCCNC(=N)N)C(=O)O. The van der Waals surface area contributed by atoms with Crippen LogP contribution in [0.3, 0.4) is 0 Å². The van der Waals surface area contributed by atoms with Crippen molar-refractivity contribution in [2.24, 2.45) is 58.0 Å². The van der Waals surface area contributed by atoms with Gasteiger partial charge in [0.25, 0.3) is 0 Å². The summed E-state index contributed by atoms with van der Waals surface area (Å²) in [6.07, 6.45) is 12.4. The summed E-state index contributed by atoms with van der Waals surface area (Å²) in [6, 6.07) is -1.90. The average molecular weight is 632 g/mol. The van der Waals surface area contributed by atoms with Gasteiger partial charge in [-0.25, -0.2) is 4.79 Å². The van der Waals surface area contributed by atoms with Crippen LogP contribution in [-0.2, 0) is 14.4 Å². The summed E-state index contributed by atoms with van der Waals surface area (Å²) in [5, 5.41) is 35.3. The van der Waals surface area contributed by atoms with Gasteiger partial charge in [-0.05, 0) is 129 Å². The van der Waals surface area contributed by atoms with Crippen LogP contribution in [0.4, 0.5) is 0 Å². The topological polar surface area (TPSA) is 178 Å². The first kappa shape index (κ1) is 35.5. The Bertz CT molecular complexity index is 1080. The van der Waals surface area contributed by atoms with Crippen molar-refractivity contribution in [2.75, 3.05) is 6.54 Å². The number of nitrogens with two attached hydrogens (primary N) is 1. The Morgan fingerprint density at radius 2 is 1.62 bits per heavy atom. The Labute approximate surface area is 270 Å². The first-order valence-electron chi connectivity index (χ1n) is 17.8. The van der Waals surface area contributed by atoms with Crippen LogP contribution in [0, 0.1) is 57.7 Å². The molecule has 0 aromatic carbocycles. The van der Waals surface area contributed by atoms with E-state index in [-0.39, 0.29) is 30.3 Å². The minimum Gasteiger partial charge on any atom is -0.480 e. The van der Waals surface area contributed by atoms with E-state index >= 15 is 0 Å². The minimum atomic E-state index is -1.13. The summed E-state index contributed by atoms with van der Waals surface area (Å²) >= 11 is 0. The van der Waals surface area contributed by atoms with E-state index in [1.807, 2.05) is 13.8 Å². The van der Waals surface area contributed by atoms with Crippen LogP contribution in [0.5, 0.6) is 0 Å². The zero-order valence-electron chi connectivity index (χ0n) is 28.4. The van der Waals surface area contributed by atoms with Crippen LogP contribution in [0.2, 0.25) is 0 Å². The van der Waals surface area contributed by atoms with Gasteiger partial charge < -0.3 is 31.9 Å². The van der Waals surface area contributed by atoms with E-state index in [1.165, 1.54) is 44.9 Å². The van der Waals surface area contributed by atoms with Gasteiger partial charge in [-0.2, -0.15) is 0 Å². The standard InChI is InChI=1S/C35H61N5O5/c1-20(2)30(31(43)39-28(32(44)45)7-6-18-38-33(36)37)40-29(42)13-8-21(3)25-11-12-26-24-10-9-22-19-23(41)14-16-34(22,4)27(24)15-17-35(25,26)5/h20-28,30,41H,6-19H2,1-5H3,(H,39,43)(H,40,42)(H,44,45)(H4,36,37,38)/t21-,22-,23-,24+,25-,26+,27+,28+,30+,34+,35-/m1/s1. The number of guanidine groups is 1. The maximum atomic E-state index is 13.2. The van der Waals surface area contributed by atoms with E-state index in [4.69, 9.17) is 11.1 Å². The van der Waals surface area contributed by atoms with Crippen molar-refractivity contribution in [1.29, 1.82) is 5.41 Å². The van der Waals surface area contributed by atoms with Gasteiger partial charge >= 0.3 is 5.97 Å². The van der Waals surface area contributed by atoms with Gasteiger partial charge in [-0.15, -0.1) is 0 Å². The van der Waals surface area contributed by atoms with Crippen molar-refractivity contribution >= 4 is 23.7 Å². The molecule has 4 saturated carbocycles. The molecule has 4 aliphatic carbocycles. The third-order valence-electron chi connectivity index (χ3n) is 13.1. The Morgan fingerprint density at radius 3 is 2.29 bits per heavy atom. The Balaban J connectivity index is 1.30. The molecule has 256 valence electrons. The van der Waals surface area contributed by atoms with Gasteiger partial charge in [0.2, 0.25) is 11.8 Å². The maximum absolute atomic E-state index is 13.2. The fourth-order valence-corrected chi connectivity index (χ4v) is 10.6. The summed E-state index contributed by atoms with van der Waals surface area (Å²) in [5.74, 6) is 1.80. The van der Waals surface area contributed by atoms with Gasteiger partial charge in [0.05, 0.1) is 6.10 Å². The number of amides is 2. The molecular weight excluding hydrogens is 570 g/mol. The number of hydrogen-bond acceptors (Lipinski definition) is 5. The molecule has 0 unspecified atom stereocenters. The fourth-order valence-electron chi connectivity index (χ4n) is 10.6. The summed E-state index contributed by atoms with van der Waals surface area (Å²) in [7, 11) is 0. The molecule has 0 saturated heterocycles. The van der Waals surface area contributed by atoms with Crippen LogP contribution in [0.15, 0.2) is 0 Å². The lowest BCUT2D eigenvalue weighted by Gasteiger charge is -2.61. The molecule has 0 radical (unpaired) electrons. The Kier molecular flexibility index (Phi) is 11.5. The highest BCUT2D eigenvalue weighted by Gasteiger charge is 2.60. The van der Waals surface area contributed by atoms with Gasteiger partial charge in [-0.3, -0.25) is 15.0 Å². The third-order valence-corrected chi connectivity index (χ3v) is 13.1. The monoisotopic (exact) mass is 631 g/mol. The van der Waals surface area contributed by atoms with Gasteiger partial charge in [0.15, 0.2) is 5.96 Å². The number of carboxylic acid groups (broad SMARTS) is 1. The third kappa shape index (κ3) is 7.79. The summed E-state index contributed by atoms with van der Waals surface area (Å²) in [4.78, 5) is 38.0. The Hall–Kier alpha value is -2.36. The highest BCUT2D eigenvalue weighted by atomic mass is 16.4. The molecule has 11 atom stereocenters. The lowest BCUT2D eigenvalue weighted by Crippen LogP contribution is -2.54. The van der Waals surface area contributed by atoms with Crippen molar-refractivity contribution in [1.82, 2.24) is 16.0 Å². The van der Waals surface area contributed by atoms with Crippen LogP contribution in [0.25, 0.3) is 0 Å². The number of rotatable bonds is 13. The van der Waals surface area contributed by atoms with Crippen LogP contribution >= 0.6 is 0 Å². The first-order chi connectivity index (χ1) is 21.2. The predicted octanol–water partition coefficient (Wildman–Crippen LogP) is 4.40. The second-order valence-electron chi connectivity index (χ2n) is 16.0. The lowest BCUT2D eigenvalue weighted by molar-refractivity contribution is -0.142. The molecule has 0 spiro atoms. The van der Waals surface area contributed by atoms with Gasteiger partial charge in [0, 0.05) is 13.0 Å². The number of hydrogen-bond donors (Lipinski definition) is 7. The van der Waals surface area contributed by atoms with Crippen molar-refractivity contribution in [3.05, 3.63) is 0 Å². The van der Waals surface area contributed by atoms with Gasteiger partial charge in [-0.1, -0.05) is 34.6 Å². The predicted molar refractivity (Wildman–Crippen MR) is 175 cm³/mol. The Morgan fingerprint density at radius 1 is 0.933 bits per heavy atom. The van der Waals surface area contributed by atoms with Crippen molar-refractivity contribution < 1.29 is 24.6 Å². The molecular formula is C35H61N5O5. The number of aliphatic carboxylic acids is 1. The normalized spacial score (nSPS) is 36.1. The van der Waals surface area contributed by atoms with Crippen LogP contribution < -0.4 is 21.7 Å². The molecule has 10 heteroatoms. The number of carbonyl (C=O) groups excluding carboxylic acids is 2. The molecule has 4 rings (SSSR count). The number of fused-ring (bicyclic) bond motifs is 5. The maximum Gasteiger partial charge on any atom is 0.326 e. The molecule has 0 heterocycles.